The van der Waals surface area contributed by atoms with Crippen LogP contribution in [0.1, 0.15) is 52.1 Å². The second-order valence-corrected chi connectivity index (χ2v) is 8.50. The molecule has 0 bridgehead atoms. The van der Waals surface area contributed by atoms with Crippen molar-refractivity contribution < 1.29 is 19.0 Å². The van der Waals surface area contributed by atoms with Crippen LogP contribution in [0, 0.1) is 6.92 Å². The fourth-order valence-electron chi connectivity index (χ4n) is 3.87. The number of amides is 1. The summed E-state index contributed by atoms with van der Waals surface area (Å²) in [7, 11) is 0. The van der Waals surface area contributed by atoms with Crippen LogP contribution in [-0.2, 0) is 16.6 Å². The number of hydrogen-bond acceptors (Lipinski definition) is 6. The number of fused-ring (bicyclic) bond motifs is 1. The molecule has 2 aliphatic rings. The van der Waals surface area contributed by atoms with Gasteiger partial charge in [-0.25, -0.2) is 4.98 Å². The van der Waals surface area contributed by atoms with Gasteiger partial charge in [-0.05, 0) is 50.3 Å². The normalized spacial score (nSPS) is 17.5. The summed E-state index contributed by atoms with van der Waals surface area (Å²) in [6.45, 7) is 6.23. The van der Waals surface area contributed by atoms with Crippen molar-refractivity contribution in [2.75, 3.05) is 26.6 Å². The first-order chi connectivity index (χ1) is 13.6. The highest BCUT2D eigenvalue weighted by molar-refractivity contribution is 7.13. The largest absolute Gasteiger partial charge is 0.454 e. The summed E-state index contributed by atoms with van der Waals surface area (Å²) in [5.41, 5.74) is 1.81. The van der Waals surface area contributed by atoms with Crippen molar-refractivity contribution in [3.8, 4) is 11.5 Å². The van der Waals surface area contributed by atoms with Crippen molar-refractivity contribution in [1.29, 1.82) is 0 Å². The van der Waals surface area contributed by atoms with E-state index in [1.807, 2.05) is 13.0 Å². The number of hydrogen-bond donors (Lipinski definition) is 1. The number of rotatable bonds is 6. The first-order valence-corrected chi connectivity index (χ1v) is 10.7. The Bertz CT molecular complexity index is 858. The van der Waals surface area contributed by atoms with Crippen LogP contribution in [0.15, 0.2) is 18.2 Å². The smallest absolute Gasteiger partial charge is 0.263 e. The summed E-state index contributed by atoms with van der Waals surface area (Å²) in [6, 6.07) is 6.10. The van der Waals surface area contributed by atoms with Gasteiger partial charge in [0, 0.05) is 25.2 Å². The van der Waals surface area contributed by atoms with Crippen molar-refractivity contribution in [1.82, 2.24) is 10.3 Å². The van der Waals surface area contributed by atoms with Crippen LogP contribution < -0.4 is 14.8 Å². The molecule has 0 radical (unpaired) electrons. The lowest BCUT2D eigenvalue weighted by atomic mass is 9.74. The van der Waals surface area contributed by atoms with E-state index >= 15 is 0 Å². The molecule has 0 saturated carbocycles. The number of carbonyl (C=O) groups excluding carboxylic acids is 1. The molecular formula is C21H26N2O4S. The molecule has 0 spiro atoms. The number of benzene rings is 1. The summed E-state index contributed by atoms with van der Waals surface area (Å²) in [4.78, 5) is 18.1. The first kappa shape index (κ1) is 19.2. The summed E-state index contributed by atoms with van der Waals surface area (Å²) < 4.78 is 16.6. The molecule has 1 amide bonds. The van der Waals surface area contributed by atoms with Crippen molar-refractivity contribution in [3.63, 3.8) is 0 Å². The van der Waals surface area contributed by atoms with Crippen LogP contribution in [0.3, 0.4) is 0 Å². The second-order valence-electron chi connectivity index (χ2n) is 7.42. The number of thiazole rings is 1. The van der Waals surface area contributed by atoms with Crippen LogP contribution in [-0.4, -0.2) is 37.4 Å². The predicted molar refractivity (Wildman–Crippen MR) is 107 cm³/mol. The van der Waals surface area contributed by atoms with Gasteiger partial charge in [0.15, 0.2) is 11.5 Å². The third-order valence-electron chi connectivity index (χ3n) is 5.53. The Morgan fingerprint density at radius 3 is 2.82 bits per heavy atom. The van der Waals surface area contributed by atoms with E-state index in [9.17, 15) is 4.79 Å². The molecule has 1 N–H and O–H groups in total. The predicted octanol–water partition coefficient (Wildman–Crippen LogP) is 3.61. The van der Waals surface area contributed by atoms with E-state index in [0.29, 0.717) is 19.8 Å². The van der Waals surface area contributed by atoms with Gasteiger partial charge in [0.05, 0.1) is 10.7 Å². The maximum atomic E-state index is 12.9. The molecule has 0 atom stereocenters. The zero-order valence-corrected chi connectivity index (χ0v) is 17.2. The number of aromatic nitrogens is 1. The summed E-state index contributed by atoms with van der Waals surface area (Å²) in [5.74, 6) is 1.51. The van der Waals surface area contributed by atoms with Crippen LogP contribution in [0.2, 0.25) is 0 Å². The van der Waals surface area contributed by atoms with Crippen molar-refractivity contribution >= 4 is 17.2 Å². The average molecular weight is 403 g/mol. The monoisotopic (exact) mass is 402 g/mol. The van der Waals surface area contributed by atoms with Crippen molar-refractivity contribution in [3.05, 3.63) is 39.3 Å². The Morgan fingerprint density at radius 2 is 2.04 bits per heavy atom. The van der Waals surface area contributed by atoms with Crippen LogP contribution >= 0.6 is 11.3 Å². The molecule has 1 aromatic carbocycles. The van der Waals surface area contributed by atoms with Crippen molar-refractivity contribution in [2.24, 2.45) is 0 Å². The van der Waals surface area contributed by atoms with Gasteiger partial charge in [-0.15, -0.1) is 11.3 Å². The Hall–Kier alpha value is -2.12. The Labute approximate surface area is 169 Å². The topological polar surface area (TPSA) is 69.7 Å². The van der Waals surface area contributed by atoms with Crippen molar-refractivity contribution in [2.45, 2.75) is 44.9 Å². The molecule has 150 valence electrons. The summed E-state index contributed by atoms with van der Waals surface area (Å²) in [6.07, 6.45) is 3.66. The average Bonchev–Trinajstić information content (AvgIpc) is 3.33. The second kappa shape index (κ2) is 8.09. The lowest BCUT2D eigenvalue weighted by Crippen LogP contribution is -2.44. The Kier molecular flexibility index (Phi) is 5.55. The minimum Gasteiger partial charge on any atom is -0.454 e. The number of aryl methyl sites for hydroxylation is 2. The molecule has 3 heterocycles. The molecular weight excluding hydrogens is 376 g/mol. The first-order valence-electron chi connectivity index (χ1n) is 9.84. The molecule has 1 aromatic heterocycles. The van der Waals surface area contributed by atoms with E-state index in [4.69, 9.17) is 14.2 Å². The van der Waals surface area contributed by atoms with E-state index in [0.717, 1.165) is 58.3 Å². The minimum atomic E-state index is -0.167. The fraction of sp³-hybridized carbons (Fsp3) is 0.524. The third kappa shape index (κ3) is 3.73. The molecule has 1 saturated heterocycles. The van der Waals surface area contributed by atoms with Crippen LogP contribution in [0.25, 0.3) is 0 Å². The lowest BCUT2D eigenvalue weighted by Gasteiger charge is -2.38. The van der Waals surface area contributed by atoms with Gasteiger partial charge in [-0.2, -0.15) is 0 Å². The molecule has 28 heavy (non-hydrogen) atoms. The zero-order valence-electron chi connectivity index (χ0n) is 16.4. The number of nitrogens with zero attached hydrogens (tertiary/aromatic N) is 1. The van der Waals surface area contributed by atoms with E-state index in [2.05, 4.69) is 29.4 Å². The summed E-state index contributed by atoms with van der Waals surface area (Å²) in [5, 5.41) is 4.21. The van der Waals surface area contributed by atoms with Crippen LogP contribution in [0.4, 0.5) is 0 Å². The molecule has 7 heteroatoms. The SMILES string of the molecule is CCCc1nc(C)c(C(=O)NCC2(c3ccc4c(c3)OCO4)CCOCC2)s1. The third-order valence-corrected chi connectivity index (χ3v) is 6.75. The van der Waals surface area contributed by atoms with E-state index in [1.165, 1.54) is 11.3 Å². The molecule has 1 fully saturated rings. The highest BCUT2D eigenvalue weighted by Crippen LogP contribution is 2.40. The number of nitrogens with one attached hydrogen (secondary N) is 1. The molecule has 2 aromatic rings. The summed E-state index contributed by atoms with van der Waals surface area (Å²) >= 11 is 1.51. The maximum absolute atomic E-state index is 12.9. The highest BCUT2D eigenvalue weighted by Gasteiger charge is 2.36. The van der Waals surface area contributed by atoms with E-state index < -0.39 is 0 Å². The highest BCUT2D eigenvalue weighted by atomic mass is 32.1. The Morgan fingerprint density at radius 1 is 1.25 bits per heavy atom. The number of ether oxygens (including phenoxy) is 3. The quantitative estimate of drug-likeness (QED) is 0.799. The fourth-order valence-corrected chi connectivity index (χ4v) is 4.95. The van der Waals surface area contributed by atoms with E-state index in [1.54, 1.807) is 0 Å². The maximum Gasteiger partial charge on any atom is 0.263 e. The van der Waals surface area contributed by atoms with Gasteiger partial charge in [0.2, 0.25) is 6.79 Å². The lowest BCUT2D eigenvalue weighted by molar-refractivity contribution is 0.0487. The van der Waals surface area contributed by atoms with Gasteiger partial charge in [0.1, 0.15) is 4.88 Å². The molecule has 4 rings (SSSR count). The van der Waals surface area contributed by atoms with E-state index in [-0.39, 0.29) is 18.1 Å². The van der Waals surface area contributed by atoms with Gasteiger partial charge in [-0.1, -0.05) is 13.0 Å². The standard InChI is InChI=1S/C21H26N2O4S/c1-3-4-18-23-14(2)19(28-18)20(24)22-12-21(7-9-25-10-8-21)15-5-6-16-17(11-15)27-13-26-16/h5-6,11H,3-4,7-10,12-13H2,1-2H3,(H,22,24). The number of carbonyl (C=O) groups is 1. The van der Waals surface area contributed by atoms with Crippen LogP contribution in [0.5, 0.6) is 11.5 Å². The van der Waals surface area contributed by atoms with Gasteiger partial charge in [0.25, 0.3) is 5.91 Å². The molecule has 6 nitrogen and oxygen atoms in total. The zero-order chi connectivity index (χ0) is 19.6. The molecule has 0 unspecified atom stereocenters. The minimum absolute atomic E-state index is 0.0380. The molecule has 2 aliphatic heterocycles. The Balaban J connectivity index is 1.53. The van der Waals surface area contributed by atoms with Gasteiger partial charge >= 0.3 is 0 Å². The van der Waals surface area contributed by atoms with Gasteiger partial charge in [-0.3, -0.25) is 4.79 Å². The van der Waals surface area contributed by atoms with Gasteiger partial charge < -0.3 is 19.5 Å². The molecule has 0 aliphatic carbocycles.